The highest BCUT2D eigenvalue weighted by Gasteiger charge is 2.29. The van der Waals surface area contributed by atoms with Gasteiger partial charge in [0.25, 0.3) is 5.91 Å². The van der Waals surface area contributed by atoms with E-state index >= 15 is 0 Å². The largest absolute Gasteiger partial charge is 0.446 e. The Balaban J connectivity index is 2.05. The third-order valence-electron chi connectivity index (χ3n) is 3.41. The molecule has 2 rings (SSSR count). The predicted molar refractivity (Wildman–Crippen MR) is 101 cm³/mol. The Labute approximate surface area is 159 Å². The van der Waals surface area contributed by atoms with Gasteiger partial charge in [-0.25, -0.2) is 0 Å². The first-order valence-electron chi connectivity index (χ1n) is 8.03. The number of rotatable bonds is 4. The molecule has 0 saturated carbocycles. The molecule has 8 heteroatoms. The van der Waals surface area contributed by atoms with Crippen LogP contribution in [0, 0.1) is 5.41 Å². The number of alkyl halides is 3. The van der Waals surface area contributed by atoms with Crippen LogP contribution in [0.2, 0.25) is 0 Å². The minimum Gasteiger partial charge on any atom is -0.326 e. The van der Waals surface area contributed by atoms with Gasteiger partial charge in [0.05, 0.1) is 0 Å². The van der Waals surface area contributed by atoms with Gasteiger partial charge in [-0.3, -0.25) is 9.59 Å². The molecule has 2 amide bonds. The van der Waals surface area contributed by atoms with Gasteiger partial charge in [-0.15, -0.1) is 0 Å². The summed E-state index contributed by atoms with van der Waals surface area (Å²) in [4.78, 5) is 24.3. The number of nitrogens with one attached hydrogen (secondary N) is 2. The molecule has 0 spiro atoms. The van der Waals surface area contributed by atoms with E-state index in [2.05, 4.69) is 10.6 Å². The summed E-state index contributed by atoms with van der Waals surface area (Å²) in [6.45, 7) is 5.36. The summed E-state index contributed by atoms with van der Waals surface area (Å²) >= 11 is -0.237. The van der Waals surface area contributed by atoms with Gasteiger partial charge >= 0.3 is 5.51 Å². The van der Waals surface area contributed by atoms with Crippen LogP contribution >= 0.6 is 11.8 Å². The quantitative estimate of drug-likeness (QED) is 0.668. The lowest BCUT2D eigenvalue weighted by molar-refractivity contribution is -0.123. The average molecular weight is 396 g/mol. The van der Waals surface area contributed by atoms with Crippen molar-refractivity contribution in [2.75, 3.05) is 10.6 Å². The van der Waals surface area contributed by atoms with E-state index in [0.29, 0.717) is 11.4 Å². The molecule has 0 unspecified atom stereocenters. The number of hydrogen-bond acceptors (Lipinski definition) is 3. The van der Waals surface area contributed by atoms with E-state index in [1.165, 1.54) is 24.3 Å². The average Bonchev–Trinajstić information content (AvgIpc) is 2.53. The molecule has 0 atom stereocenters. The fraction of sp³-hybridized carbons (Fsp3) is 0.263. The zero-order chi connectivity index (χ0) is 20.2. The lowest BCUT2D eigenvalue weighted by Crippen LogP contribution is -2.27. The Kier molecular flexibility index (Phi) is 6.20. The highest BCUT2D eigenvalue weighted by Crippen LogP contribution is 2.36. The smallest absolute Gasteiger partial charge is 0.326 e. The summed E-state index contributed by atoms with van der Waals surface area (Å²) < 4.78 is 37.0. The van der Waals surface area contributed by atoms with Crippen LogP contribution in [-0.2, 0) is 4.79 Å². The zero-order valence-electron chi connectivity index (χ0n) is 15.0. The van der Waals surface area contributed by atoms with Crippen LogP contribution in [0.15, 0.2) is 53.4 Å². The van der Waals surface area contributed by atoms with E-state index in [4.69, 9.17) is 0 Å². The molecule has 0 aliphatic rings. The van der Waals surface area contributed by atoms with Gasteiger partial charge in [-0.05, 0) is 54.2 Å². The second-order valence-corrected chi connectivity index (χ2v) is 7.95. The van der Waals surface area contributed by atoms with Gasteiger partial charge < -0.3 is 10.6 Å². The van der Waals surface area contributed by atoms with Crippen molar-refractivity contribution in [1.82, 2.24) is 0 Å². The Morgan fingerprint density at radius 2 is 1.44 bits per heavy atom. The first kappa shape index (κ1) is 20.8. The second kappa shape index (κ2) is 8.04. The van der Waals surface area contributed by atoms with Crippen molar-refractivity contribution in [2.24, 2.45) is 5.41 Å². The van der Waals surface area contributed by atoms with E-state index < -0.39 is 16.8 Å². The van der Waals surface area contributed by atoms with Gasteiger partial charge in [0, 0.05) is 27.2 Å². The molecule has 2 N–H and O–H groups in total. The number of carbonyl (C=O) groups excluding carboxylic acids is 2. The molecule has 0 aliphatic carbocycles. The topological polar surface area (TPSA) is 58.2 Å². The SMILES string of the molecule is CC(C)(C)C(=O)Nc1cccc(NC(=O)c2ccc(SC(F)(F)F)cc2)c1. The van der Waals surface area contributed by atoms with Crippen LogP contribution in [0.5, 0.6) is 0 Å². The van der Waals surface area contributed by atoms with Gasteiger partial charge in [0.15, 0.2) is 0 Å². The summed E-state index contributed by atoms with van der Waals surface area (Å²) in [6, 6.07) is 11.8. The Bertz CT molecular complexity index is 828. The normalized spacial score (nSPS) is 11.8. The van der Waals surface area contributed by atoms with Crippen LogP contribution in [0.25, 0.3) is 0 Å². The molecular weight excluding hydrogens is 377 g/mol. The van der Waals surface area contributed by atoms with E-state index in [-0.39, 0.29) is 28.1 Å². The van der Waals surface area contributed by atoms with Crippen molar-refractivity contribution in [2.45, 2.75) is 31.2 Å². The summed E-state index contributed by atoms with van der Waals surface area (Å²) in [7, 11) is 0. The standard InChI is InChI=1S/C19H19F3N2O2S/c1-18(2,3)17(26)24-14-6-4-5-13(11-14)23-16(25)12-7-9-15(10-8-12)27-19(20,21)22/h4-11H,1-3H3,(H,23,25)(H,24,26). The number of carbonyl (C=O) groups is 2. The van der Waals surface area contributed by atoms with Crippen molar-refractivity contribution in [3.8, 4) is 0 Å². The highest BCUT2D eigenvalue weighted by molar-refractivity contribution is 8.00. The van der Waals surface area contributed by atoms with Gasteiger partial charge in [-0.2, -0.15) is 13.2 Å². The van der Waals surface area contributed by atoms with Crippen LogP contribution in [0.1, 0.15) is 31.1 Å². The summed E-state index contributed by atoms with van der Waals surface area (Å²) in [5, 5.41) is 5.42. The van der Waals surface area contributed by atoms with Crippen LogP contribution in [-0.4, -0.2) is 17.3 Å². The number of thioether (sulfide) groups is 1. The first-order valence-corrected chi connectivity index (χ1v) is 8.84. The van der Waals surface area contributed by atoms with Crippen molar-refractivity contribution < 1.29 is 22.8 Å². The van der Waals surface area contributed by atoms with Crippen molar-refractivity contribution in [3.63, 3.8) is 0 Å². The molecular formula is C19H19F3N2O2S. The Morgan fingerprint density at radius 1 is 0.889 bits per heavy atom. The first-order chi connectivity index (χ1) is 12.4. The lowest BCUT2D eigenvalue weighted by atomic mass is 9.95. The molecule has 2 aromatic rings. The van der Waals surface area contributed by atoms with Gasteiger partial charge in [-0.1, -0.05) is 26.8 Å². The molecule has 0 bridgehead atoms. The maximum Gasteiger partial charge on any atom is 0.446 e. The number of anilines is 2. The van der Waals surface area contributed by atoms with Crippen LogP contribution in [0.4, 0.5) is 24.5 Å². The van der Waals surface area contributed by atoms with E-state index in [1.807, 2.05) is 0 Å². The molecule has 4 nitrogen and oxygen atoms in total. The summed E-state index contributed by atoms with van der Waals surface area (Å²) in [5.74, 6) is -0.624. The third-order valence-corrected chi connectivity index (χ3v) is 4.15. The Morgan fingerprint density at radius 3 is 1.96 bits per heavy atom. The van der Waals surface area contributed by atoms with E-state index in [0.717, 1.165) is 0 Å². The minimum atomic E-state index is -4.37. The monoisotopic (exact) mass is 396 g/mol. The van der Waals surface area contributed by atoms with E-state index in [1.54, 1.807) is 45.0 Å². The molecule has 0 fully saturated rings. The number of halogens is 3. The lowest BCUT2D eigenvalue weighted by Gasteiger charge is -2.18. The molecule has 0 radical (unpaired) electrons. The summed E-state index contributed by atoms with van der Waals surface area (Å²) in [5.41, 5.74) is -3.72. The fourth-order valence-electron chi connectivity index (χ4n) is 2.00. The number of benzene rings is 2. The molecule has 144 valence electrons. The van der Waals surface area contributed by atoms with Crippen LogP contribution < -0.4 is 10.6 Å². The van der Waals surface area contributed by atoms with Crippen molar-refractivity contribution in [1.29, 1.82) is 0 Å². The highest BCUT2D eigenvalue weighted by atomic mass is 32.2. The third kappa shape index (κ3) is 6.63. The molecule has 2 aromatic carbocycles. The Hall–Kier alpha value is -2.48. The summed E-state index contributed by atoms with van der Waals surface area (Å²) in [6.07, 6.45) is 0. The second-order valence-electron chi connectivity index (χ2n) is 6.81. The maximum atomic E-state index is 12.3. The fourth-order valence-corrected chi connectivity index (χ4v) is 2.54. The molecule has 0 aliphatic heterocycles. The maximum absolute atomic E-state index is 12.3. The van der Waals surface area contributed by atoms with Crippen molar-refractivity contribution >= 4 is 35.0 Å². The van der Waals surface area contributed by atoms with Crippen molar-refractivity contribution in [3.05, 3.63) is 54.1 Å². The molecule has 0 saturated heterocycles. The number of hydrogen-bond donors (Lipinski definition) is 2. The molecule has 27 heavy (non-hydrogen) atoms. The minimum absolute atomic E-state index is 0.00550. The molecule has 0 aromatic heterocycles. The number of amides is 2. The predicted octanol–water partition coefficient (Wildman–Crippen LogP) is 5.54. The van der Waals surface area contributed by atoms with E-state index in [9.17, 15) is 22.8 Å². The van der Waals surface area contributed by atoms with Crippen LogP contribution in [0.3, 0.4) is 0 Å². The van der Waals surface area contributed by atoms with Gasteiger partial charge in [0.1, 0.15) is 0 Å². The van der Waals surface area contributed by atoms with Gasteiger partial charge in [0.2, 0.25) is 5.91 Å². The molecule has 0 heterocycles. The zero-order valence-corrected chi connectivity index (χ0v) is 15.8.